The van der Waals surface area contributed by atoms with Crippen molar-refractivity contribution in [2.75, 3.05) is 18.6 Å². The normalized spacial score (nSPS) is 14.3. The number of amides is 2. The van der Waals surface area contributed by atoms with Crippen LogP contribution in [-0.2, 0) is 20.7 Å². The summed E-state index contributed by atoms with van der Waals surface area (Å²) in [7, 11) is 1.30. The highest BCUT2D eigenvalue weighted by atomic mass is 16.6. The molecule has 3 rings (SSSR count). The Hall–Kier alpha value is -3.36. The number of nitrogens with one attached hydrogen (secondary N) is 1. The van der Waals surface area contributed by atoms with Gasteiger partial charge in [-0.2, -0.15) is 0 Å². The number of rotatable bonds is 5. The highest BCUT2D eigenvalue weighted by molar-refractivity contribution is 5.93. The third-order valence-corrected chi connectivity index (χ3v) is 5.00. The average Bonchev–Trinajstić information content (AvgIpc) is 3.17. The number of methoxy groups -OCH3 is 1. The Morgan fingerprint density at radius 3 is 2.62 bits per heavy atom. The van der Waals surface area contributed by atoms with Gasteiger partial charge in [0.05, 0.1) is 25.3 Å². The maximum atomic E-state index is 12.7. The molecule has 0 saturated carbocycles. The predicted octanol–water partition coefficient (Wildman–Crippen LogP) is 3.70. The van der Waals surface area contributed by atoms with Crippen molar-refractivity contribution >= 4 is 23.7 Å². The van der Waals surface area contributed by atoms with E-state index in [1.165, 1.54) is 13.2 Å². The van der Waals surface area contributed by atoms with Crippen LogP contribution in [-0.4, -0.2) is 42.4 Å². The topological polar surface area (TPSA) is 111 Å². The van der Waals surface area contributed by atoms with Crippen molar-refractivity contribution in [2.24, 2.45) is 0 Å². The second-order valence-electron chi connectivity index (χ2n) is 8.75. The maximum absolute atomic E-state index is 12.7. The molecule has 9 nitrogen and oxygen atoms in total. The van der Waals surface area contributed by atoms with Gasteiger partial charge in [-0.05, 0) is 57.7 Å². The van der Waals surface area contributed by atoms with Gasteiger partial charge < -0.3 is 19.3 Å². The zero-order valence-electron chi connectivity index (χ0n) is 19.1. The van der Waals surface area contributed by atoms with Crippen LogP contribution >= 0.6 is 0 Å². The first-order valence-electron chi connectivity index (χ1n) is 10.5. The fraction of sp³-hybridized carbons (Fsp3) is 0.478. The molecular formula is C23H29N3O6. The molecule has 1 aliphatic heterocycles. The van der Waals surface area contributed by atoms with Gasteiger partial charge in [0.15, 0.2) is 5.69 Å². The summed E-state index contributed by atoms with van der Waals surface area (Å²) < 4.78 is 15.3. The summed E-state index contributed by atoms with van der Waals surface area (Å²) in [6.07, 6.45) is 1.10. The first-order valence-corrected chi connectivity index (χ1v) is 10.5. The third-order valence-electron chi connectivity index (χ3n) is 5.00. The average molecular weight is 444 g/mol. The third kappa shape index (κ3) is 5.66. The smallest absolute Gasteiger partial charge is 0.414 e. The van der Waals surface area contributed by atoms with Gasteiger partial charge in [-0.25, -0.2) is 4.79 Å². The van der Waals surface area contributed by atoms with Crippen molar-refractivity contribution in [1.82, 2.24) is 10.5 Å². The number of ether oxygens (including phenoxy) is 2. The molecule has 1 N–H and O–H groups in total. The van der Waals surface area contributed by atoms with Crippen LogP contribution in [0.3, 0.4) is 0 Å². The minimum Gasteiger partial charge on any atom is -0.469 e. The summed E-state index contributed by atoms with van der Waals surface area (Å²) in [6, 6.07) is 6.42. The highest BCUT2D eigenvalue weighted by Crippen LogP contribution is 2.32. The largest absolute Gasteiger partial charge is 0.469 e. The first kappa shape index (κ1) is 23.3. The van der Waals surface area contributed by atoms with Crippen LogP contribution in [0.1, 0.15) is 67.0 Å². The molecule has 1 aromatic heterocycles. The summed E-state index contributed by atoms with van der Waals surface area (Å²) in [4.78, 5) is 38.9. The number of hydrogen-bond acceptors (Lipinski definition) is 7. The minimum atomic E-state index is -0.630. The number of nitrogens with zero attached hydrogens (tertiary/aromatic N) is 2. The summed E-state index contributed by atoms with van der Waals surface area (Å²) >= 11 is 0. The van der Waals surface area contributed by atoms with Crippen LogP contribution in [0.15, 0.2) is 28.8 Å². The van der Waals surface area contributed by atoms with Gasteiger partial charge in [-0.15, -0.1) is 0 Å². The quantitative estimate of drug-likeness (QED) is 0.701. The van der Waals surface area contributed by atoms with E-state index in [2.05, 4.69) is 10.5 Å². The maximum Gasteiger partial charge on any atom is 0.414 e. The number of esters is 1. The van der Waals surface area contributed by atoms with Crippen LogP contribution in [0.25, 0.3) is 0 Å². The number of carbonyl (C=O) groups is 3. The van der Waals surface area contributed by atoms with Crippen LogP contribution in [0, 0.1) is 6.92 Å². The van der Waals surface area contributed by atoms with E-state index >= 15 is 0 Å². The van der Waals surface area contributed by atoms with E-state index in [-0.39, 0.29) is 12.1 Å². The zero-order chi connectivity index (χ0) is 23.5. The Bertz CT molecular complexity index is 1010. The van der Waals surface area contributed by atoms with Crippen LogP contribution in [0.4, 0.5) is 10.5 Å². The molecule has 172 valence electrons. The molecule has 32 heavy (non-hydrogen) atoms. The van der Waals surface area contributed by atoms with E-state index in [0.29, 0.717) is 12.3 Å². The Labute approximate surface area is 187 Å². The van der Waals surface area contributed by atoms with Gasteiger partial charge in [0.25, 0.3) is 5.91 Å². The molecule has 0 aliphatic carbocycles. The molecule has 1 aliphatic rings. The molecular weight excluding hydrogens is 414 g/mol. The van der Waals surface area contributed by atoms with Crippen molar-refractivity contribution in [2.45, 2.75) is 58.6 Å². The Kier molecular flexibility index (Phi) is 6.86. The lowest BCUT2D eigenvalue weighted by atomic mass is 9.95. The Balaban J connectivity index is 1.86. The van der Waals surface area contributed by atoms with Crippen molar-refractivity contribution in [3.05, 3.63) is 46.8 Å². The summed E-state index contributed by atoms with van der Waals surface area (Å²) in [5.74, 6) is -0.403. The second kappa shape index (κ2) is 9.42. The van der Waals surface area contributed by atoms with Crippen LogP contribution in [0.5, 0.6) is 0 Å². The van der Waals surface area contributed by atoms with E-state index < -0.39 is 29.6 Å². The molecule has 0 unspecified atom stereocenters. The van der Waals surface area contributed by atoms with Gasteiger partial charge in [-0.3, -0.25) is 14.5 Å². The molecule has 2 aromatic rings. The highest BCUT2D eigenvalue weighted by Gasteiger charge is 2.29. The van der Waals surface area contributed by atoms with Crippen LogP contribution in [0.2, 0.25) is 0 Å². The molecule has 2 amide bonds. The van der Waals surface area contributed by atoms with Gasteiger partial charge in [0, 0.05) is 12.6 Å². The summed E-state index contributed by atoms with van der Waals surface area (Å²) in [5, 5.41) is 6.56. The van der Waals surface area contributed by atoms with Gasteiger partial charge in [0.2, 0.25) is 0 Å². The number of fused-ring (bicyclic) bond motifs is 1. The molecule has 0 fully saturated rings. The fourth-order valence-electron chi connectivity index (χ4n) is 3.55. The standard InChI is InChI=1S/C23H29N3O6/c1-14-11-18(25-32-14)21(28)24-17(13-20(27)30-5)15-8-9-19-16(12-15)7-6-10-26(19)22(29)31-23(2,3)4/h8-9,11-12,17H,6-7,10,13H2,1-5H3,(H,24,28)/t17-/m1/s1. The first-order chi connectivity index (χ1) is 15.1. The molecule has 1 atom stereocenters. The van der Waals surface area contributed by atoms with E-state index in [1.54, 1.807) is 17.9 Å². The lowest BCUT2D eigenvalue weighted by molar-refractivity contribution is -0.141. The summed E-state index contributed by atoms with van der Waals surface area (Å²) in [5.41, 5.74) is 1.98. The lowest BCUT2D eigenvalue weighted by Gasteiger charge is -2.32. The number of benzene rings is 1. The predicted molar refractivity (Wildman–Crippen MR) is 116 cm³/mol. The molecule has 2 heterocycles. The Morgan fingerprint density at radius 2 is 2.00 bits per heavy atom. The fourth-order valence-corrected chi connectivity index (χ4v) is 3.55. The van der Waals surface area contributed by atoms with E-state index in [9.17, 15) is 14.4 Å². The number of anilines is 1. The van der Waals surface area contributed by atoms with Crippen molar-refractivity contribution in [1.29, 1.82) is 0 Å². The van der Waals surface area contributed by atoms with E-state index in [4.69, 9.17) is 14.0 Å². The molecule has 0 radical (unpaired) electrons. The minimum absolute atomic E-state index is 0.0480. The monoisotopic (exact) mass is 443 g/mol. The van der Waals surface area contributed by atoms with Crippen molar-refractivity contribution < 1.29 is 28.4 Å². The molecule has 0 spiro atoms. The zero-order valence-corrected chi connectivity index (χ0v) is 19.1. The van der Waals surface area contributed by atoms with Crippen molar-refractivity contribution in [3.63, 3.8) is 0 Å². The van der Waals surface area contributed by atoms with Crippen LogP contribution < -0.4 is 10.2 Å². The van der Waals surface area contributed by atoms with Gasteiger partial charge in [-0.1, -0.05) is 17.3 Å². The molecule has 0 bridgehead atoms. The molecule has 9 heteroatoms. The second-order valence-corrected chi connectivity index (χ2v) is 8.75. The Morgan fingerprint density at radius 1 is 1.25 bits per heavy atom. The number of hydrogen-bond donors (Lipinski definition) is 1. The number of aryl methyl sites for hydroxylation is 2. The van der Waals surface area contributed by atoms with Crippen molar-refractivity contribution in [3.8, 4) is 0 Å². The summed E-state index contributed by atoms with van der Waals surface area (Å²) in [6.45, 7) is 7.74. The molecule has 1 aromatic carbocycles. The van der Waals surface area contributed by atoms with E-state index in [0.717, 1.165) is 29.7 Å². The number of aromatic nitrogens is 1. The van der Waals surface area contributed by atoms with Gasteiger partial charge in [0.1, 0.15) is 11.4 Å². The SMILES string of the molecule is COC(=O)C[C@@H](NC(=O)c1cc(C)on1)c1ccc2c(c1)CCCN2C(=O)OC(C)(C)C. The number of carbonyl (C=O) groups excluding carboxylic acids is 3. The molecule has 0 saturated heterocycles. The lowest BCUT2D eigenvalue weighted by Crippen LogP contribution is -2.40. The van der Waals surface area contributed by atoms with E-state index in [1.807, 2.05) is 32.9 Å². The van der Waals surface area contributed by atoms with Gasteiger partial charge >= 0.3 is 12.1 Å².